The summed E-state index contributed by atoms with van der Waals surface area (Å²) in [5.41, 5.74) is 17.6. The van der Waals surface area contributed by atoms with Crippen molar-refractivity contribution in [1.29, 1.82) is 0 Å². The molecule has 0 bridgehead atoms. The first kappa shape index (κ1) is 19.5. The minimum absolute atomic E-state index is 0.159. The van der Waals surface area contributed by atoms with E-state index in [1.165, 1.54) is 0 Å². The van der Waals surface area contributed by atoms with Crippen molar-refractivity contribution >= 4 is 42.3 Å². The van der Waals surface area contributed by atoms with Gasteiger partial charge in [-0.25, -0.2) is 9.97 Å². The third-order valence-corrected chi connectivity index (χ3v) is 6.05. The van der Waals surface area contributed by atoms with Crippen LogP contribution in [0.1, 0.15) is 0 Å². The zero-order valence-electron chi connectivity index (χ0n) is 16.7. The van der Waals surface area contributed by atoms with Gasteiger partial charge in [0.2, 0.25) is 5.95 Å². The summed E-state index contributed by atoms with van der Waals surface area (Å²) in [6.07, 6.45) is 1.67. The minimum Gasteiger partial charge on any atom is -0.383 e. The number of nitrogens with zero attached hydrogens (tertiary/aromatic N) is 4. The number of benzene rings is 2. The highest BCUT2D eigenvalue weighted by Gasteiger charge is 2.14. The molecule has 5 rings (SSSR count). The maximum atomic E-state index is 11.3. The Balaban J connectivity index is 1.55. The Kier molecular flexibility index (Phi) is 5.02. The molecule has 4 aromatic rings. The molecular formula is C22H21N6O2P. The number of nitrogens with two attached hydrogens (primary N) is 2. The van der Waals surface area contributed by atoms with Crippen LogP contribution in [0.25, 0.3) is 27.8 Å². The predicted octanol–water partition coefficient (Wildman–Crippen LogP) is 3.01. The number of aromatic nitrogens is 3. The lowest BCUT2D eigenvalue weighted by Crippen LogP contribution is -2.36. The lowest BCUT2D eigenvalue weighted by Gasteiger charge is -2.29. The summed E-state index contributed by atoms with van der Waals surface area (Å²) in [4.78, 5) is 11.0. The normalized spacial score (nSPS) is 14.4. The van der Waals surface area contributed by atoms with E-state index in [0.29, 0.717) is 11.3 Å². The first-order chi connectivity index (χ1) is 15.1. The van der Waals surface area contributed by atoms with Gasteiger partial charge in [-0.15, -0.1) is 0 Å². The Morgan fingerprint density at radius 3 is 2.42 bits per heavy atom. The summed E-state index contributed by atoms with van der Waals surface area (Å²) < 4.78 is 18.7. The molecule has 0 aliphatic carbocycles. The van der Waals surface area contributed by atoms with Crippen molar-refractivity contribution < 1.29 is 9.30 Å². The van der Waals surface area contributed by atoms with E-state index < -0.39 is 0 Å². The van der Waals surface area contributed by atoms with Gasteiger partial charge in [-0.05, 0) is 48.0 Å². The number of rotatable bonds is 4. The van der Waals surface area contributed by atoms with Crippen LogP contribution in [0.2, 0.25) is 0 Å². The zero-order valence-corrected chi connectivity index (χ0v) is 17.6. The fraction of sp³-hybridized carbons (Fsp3) is 0.182. The quantitative estimate of drug-likeness (QED) is 0.477. The van der Waals surface area contributed by atoms with Crippen LogP contribution in [-0.2, 0) is 9.30 Å². The van der Waals surface area contributed by atoms with Gasteiger partial charge in [0.05, 0.1) is 29.6 Å². The number of ether oxygens (including phenoxy) is 1. The largest absolute Gasteiger partial charge is 0.383 e. The van der Waals surface area contributed by atoms with Gasteiger partial charge in [0.25, 0.3) is 0 Å². The van der Waals surface area contributed by atoms with Crippen molar-refractivity contribution in [2.75, 3.05) is 42.7 Å². The molecular weight excluding hydrogens is 411 g/mol. The number of anilines is 3. The van der Waals surface area contributed by atoms with Crippen LogP contribution < -0.4 is 21.7 Å². The molecule has 2 aromatic heterocycles. The maximum absolute atomic E-state index is 11.3. The standard InChI is InChI=1S/C22H21N6O2P/c23-21-20(31-29)12-15(13-25-21)14-1-6-18-19(11-14)28(22(24)26-18)17-4-2-16(3-5-17)27-7-9-30-10-8-27/h1-6,11-13H,7-10H2,(H2,23,25)(H2,24,26). The number of hydrogen-bond donors (Lipinski definition) is 2. The second-order valence-corrected chi connectivity index (χ2v) is 8.01. The Hall–Kier alpha value is -3.48. The van der Waals surface area contributed by atoms with Crippen LogP contribution >= 0.6 is 8.46 Å². The van der Waals surface area contributed by atoms with Crippen LogP contribution in [-0.4, -0.2) is 40.8 Å². The zero-order chi connectivity index (χ0) is 21.4. The van der Waals surface area contributed by atoms with Gasteiger partial charge < -0.3 is 21.1 Å². The fourth-order valence-electron chi connectivity index (χ4n) is 3.87. The van der Waals surface area contributed by atoms with Gasteiger partial charge >= 0.3 is 0 Å². The number of pyridine rings is 1. The molecule has 31 heavy (non-hydrogen) atoms. The van der Waals surface area contributed by atoms with E-state index in [0.717, 1.165) is 59.8 Å². The van der Waals surface area contributed by atoms with Crippen molar-refractivity contribution in [3.05, 3.63) is 54.7 Å². The van der Waals surface area contributed by atoms with Crippen LogP contribution in [0.15, 0.2) is 54.7 Å². The number of hydrogen-bond acceptors (Lipinski definition) is 7. The first-order valence-corrected chi connectivity index (χ1v) is 10.8. The van der Waals surface area contributed by atoms with Gasteiger partial charge in [0.1, 0.15) is 5.82 Å². The molecule has 0 saturated carbocycles. The van der Waals surface area contributed by atoms with E-state index in [9.17, 15) is 4.57 Å². The van der Waals surface area contributed by atoms with E-state index >= 15 is 0 Å². The molecule has 4 N–H and O–H groups in total. The molecule has 1 aliphatic rings. The SMILES string of the molecule is Nc1ncc(-c2ccc3nc(N)n(-c4ccc(N5CCOCC5)cc4)c3c2)cc1P=O. The Morgan fingerprint density at radius 2 is 1.68 bits per heavy atom. The van der Waals surface area contributed by atoms with E-state index in [-0.39, 0.29) is 14.3 Å². The summed E-state index contributed by atoms with van der Waals surface area (Å²) in [5, 5.41) is 0.462. The molecule has 8 nitrogen and oxygen atoms in total. The molecule has 9 heteroatoms. The molecule has 1 aliphatic heterocycles. The van der Waals surface area contributed by atoms with E-state index in [1.54, 1.807) is 12.3 Å². The molecule has 0 radical (unpaired) electrons. The van der Waals surface area contributed by atoms with Crippen LogP contribution in [0.4, 0.5) is 17.5 Å². The van der Waals surface area contributed by atoms with Crippen LogP contribution in [0.3, 0.4) is 0 Å². The van der Waals surface area contributed by atoms with Crippen molar-refractivity contribution in [3.8, 4) is 16.8 Å². The second kappa shape index (κ2) is 7.98. The lowest BCUT2D eigenvalue weighted by molar-refractivity contribution is 0.122. The molecule has 0 atom stereocenters. The summed E-state index contributed by atoms with van der Waals surface area (Å²) in [5.74, 6) is 0.677. The molecule has 1 fully saturated rings. The number of fused-ring (bicyclic) bond motifs is 1. The molecule has 0 unspecified atom stereocenters. The fourth-order valence-corrected chi connectivity index (χ4v) is 4.22. The molecule has 0 amide bonds. The highest BCUT2D eigenvalue weighted by molar-refractivity contribution is 7.34. The van der Waals surface area contributed by atoms with E-state index in [2.05, 4.69) is 27.0 Å². The average Bonchev–Trinajstić information content (AvgIpc) is 3.15. The first-order valence-electron chi connectivity index (χ1n) is 9.94. The highest BCUT2D eigenvalue weighted by atomic mass is 31.1. The number of nitrogen functional groups attached to an aromatic ring is 2. The van der Waals surface area contributed by atoms with Crippen molar-refractivity contribution in [1.82, 2.24) is 14.5 Å². The summed E-state index contributed by atoms with van der Waals surface area (Å²) >= 11 is 0. The van der Waals surface area contributed by atoms with E-state index in [1.807, 2.05) is 34.9 Å². The predicted molar refractivity (Wildman–Crippen MR) is 123 cm³/mol. The smallest absolute Gasteiger partial charge is 0.205 e. The Morgan fingerprint density at radius 1 is 0.935 bits per heavy atom. The highest BCUT2D eigenvalue weighted by Crippen LogP contribution is 2.29. The number of imidazole rings is 1. The molecule has 1 saturated heterocycles. The van der Waals surface area contributed by atoms with Crippen LogP contribution in [0.5, 0.6) is 0 Å². The van der Waals surface area contributed by atoms with Crippen molar-refractivity contribution in [2.45, 2.75) is 0 Å². The molecule has 0 spiro atoms. The van der Waals surface area contributed by atoms with Crippen molar-refractivity contribution in [2.24, 2.45) is 0 Å². The molecule has 156 valence electrons. The monoisotopic (exact) mass is 432 g/mol. The molecule has 3 heterocycles. The second-order valence-electron chi connectivity index (χ2n) is 7.34. The third kappa shape index (κ3) is 3.60. The summed E-state index contributed by atoms with van der Waals surface area (Å²) in [6.45, 7) is 3.27. The van der Waals surface area contributed by atoms with Gasteiger partial charge in [0, 0.05) is 36.2 Å². The van der Waals surface area contributed by atoms with Crippen LogP contribution in [0, 0.1) is 0 Å². The van der Waals surface area contributed by atoms with Gasteiger partial charge in [-0.1, -0.05) is 6.07 Å². The Bertz CT molecular complexity index is 1270. The number of morpholine rings is 1. The summed E-state index contributed by atoms with van der Waals surface area (Å²) in [7, 11) is -0.159. The van der Waals surface area contributed by atoms with Gasteiger partial charge in [-0.2, -0.15) is 0 Å². The topological polar surface area (TPSA) is 112 Å². The lowest BCUT2D eigenvalue weighted by atomic mass is 10.1. The average molecular weight is 432 g/mol. The third-order valence-electron chi connectivity index (χ3n) is 5.49. The van der Waals surface area contributed by atoms with Gasteiger partial charge in [0.15, 0.2) is 8.46 Å². The van der Waals surface area contributed by atoms with Crippen molar-refractivity contribution in [3.63, 3.8) is 0 Å². The van der Waals surface area contributed by atoms with Gasteiger partial charge in [-0.3, -0.25) is 9.13 Å². The van der Waals surface area contributed by atoms with E-state index in [4.69, 9.17) is 16.2 Å². The maximum Gasteiger partial charge on any atom is 0.205 e. The molecule has 2 aromatic carbocycles. The summed E-state index contributed by atoms with van der Waals surface area (Å²) in [6, 6.07) is 15.9. The Labute approximate surface area is 180 Å². The minimum atomic E-state index is -0.159.